The monoisotopic (exact) mass is 378 g/mol. The van der Waals surface area contributed by atoms with Gasteiger partial charge in [-0.1, -0.05) is 18.2 Å². The molecule has 0 aliphatic carbocycles. The number of nitrogens with one attached hydrogen (secondary N) is 2. The van der Waals surface area contributed by atoms with Crippen LogP contribution in [0.4, 0.5) is 0 Å². The first kappa shape index (κ1) is 17.6. The molecule has 0 aliphatic heterocycles. The van der Waals surface area contributed by atoms with E-state index in [1.165, 1.54) is 6.20 Å². The van der Waals surface area contributed by atoms with Crippen LogP contribution in [0.2, 0.25) is 0 Å². The number of carbonyl (C=O) groups excluding carboxylic acids is 1. The number of H-pyrrole nitrogens is 1. The number of aromatic amines is 1. The molecular formula is C20H18N4O4. The zero-order valence-electron chi connectivity index (χ0n) is 15.4. The first-order valence-corrected chi connectivity index (χ1v) is 8.60. The Kier molecular flexibility index (Phi) is 4.44. The van der Waals surface area contributed by atoms with Crippen molar-refractivity contribution < 1.29 is 14.3 Å². The Morgan fingerprint density at radius 3 is 2.71 bits per heavy atom. The van der Waals surface area contributed by atoms with Crippen molar-refractivity contribution in [1.82, 2.24) is 19.9 Å². The van der Waals surface area contributed by atoms with Crippen LogP contribution in [0.5, 0.6) is 11.5 Å². The van der Waals surface area contributed by atoms with Crippen LogP contribution in [-0.4, -0.2) is 34.7 Å². The van der Waals surface area contributed by atoms with E-state index in [4.69, 9.17) is 9.47 Å². The van der Waals surface area contributed by atoms with Crippen LogP contribution in [0, 0.1) is 0 Å². The fraction of sp³-hybridized carbons (Fsp3) is 0.150. The third kappa shape index (κ3) is 2.94. The molecule has 2 heterocycles. The largest absolute Gasteiger partial charge is 0.493 e. The molecule has 8 nitrogen and oxygen atoms in total. The summed E-state index contributed by atoms with van der Waals surface area (Å²) < 4.78 is 12.0. The fourth-order valence-corrected chi connectivity index (χ4v) is 3.11. The average Bonchev–Trinajstić information content (AvgIpc) is 3.16. The number of carbonyl (C=O) groups is 1. The lowest BCUT2D eigenvalue weighted by Crippen LogP contribution is -2.23. The van der Waals surface area contributed by atoms with Gasteiger partial charge in [-0.05, 0) is 29.8 Å². The number of para-hydroxylation sites is 1. The summed E-state index contributed by atoms with van der Waals surface area (Å²) in [6.07, 6.45) is 1.45. The lowest BCUT2D eigenvalue weighted by molar-refractivity contribution is 0.0952. The Morgan fingerprint density at radius 1 is 1.14 bits per heavy atom. The maximum atomic E-state index is 12.7. The maximum Gasteiger partial charge on any atom is 0.259 e. The van der Waals surface area contributed by atoms with Gasteiger partial charge in [0.05, 0.1) is 31.3 Å². The lowest BCUT2D eigenvalue weighted by Gasteiger charge is -2.10. The Labute approximate surface area is 159 Å². The Bertz CT molecular complexity index is 1240. The van der Waals surface area contributed by atoms with Crippen molar-refractivity contribution >= 4 is 22.5 Å². The number of ether oxygens (including phenoxy) is 2. The summed E-state index contributed by atoms with van der Waals surface area (Å²) in [5.74, 6) is 0.862. The highest BCUT2D eigenvalue weighted by Crippen LogP contribution is 2.27. The van der Waals surface area contributed by atoms with Crippen LogP contribution in [0.3, 0.4) is 0 Å². The van der Waals surface area contributed by atoms with Gasteiger partial charge in [0.25, 0.3) is 11.5 Å². The van der Waals surface area contributed by atoms with Crippen LogP contribution < -0.4 is 20.3 Å². The third-order valence-corrected chi connectivity index (χ3v) is 4.52. The molecule has 142 valence electrons. The van der Waals surface area contributed by atoms with Gasteiger partial charge in [0, 0.05) is 6.54 Å². The van der Waals surface area contributed by atoms with Gasteiger partial charge in [0.15, 0.2) is 11.5 Å². The summed E-state index contributed by atoms with van der Waals surface area (Å²) >= 11 is 0. The first-order chi connectivity index (χ1) is 13.6. The molecular weight excluding hydrogens is 360 g/mol. The number of methoxy groups -OCH3 is 2. The van der Waals surface area contributed by atoms with E-state index in [1.54, 1.807) is 49.1 Å². The molecule has 2 aromatic heterocycles. The smallest absolute Gasteiger partial charge is 0.259 e. The predicted molar refractivity (Wildman–Crippen MR) is 104 cm³/mol. The molecule has 1 amide bonds. The minimum absolute atomic E-state index is 0.266. The summed E-state index contributed by atoms with van der Waals surface area (Å²) in [6, 6.07) is 12.5. The molecule has 0 spiro atoms. The van der Waals surface area contributed by atoms with Crippen LogP contribution in [-0.2, 0) is 6.54 Å². The standard InChI is InChI=1S/C20H18N4O4/c1-27-16-8-7-12(9-17(16)28-2)10-21-19(25)14-11-22-24-15-6-4-3-5-13(15)20(26)23-18(14)24/h3-9,11H,10H2,1-2H3,(H,21,25)(H,23,26). The normalized spacial score (nSPS) is 10.9. The van der Waals surface area contributed by atoms with Crippen molar-refractivity contribution in [3.63, 3.8) is 0 Å². The van der Waals surface area contributed by atoms with E-state index in [9.17, 15) is 9.59 Å². The molecule has 0 saturated carbocycles. The SMILES string of the molecule is COc1ccc(CNC(=O)c2cnn3c2[nH]c(=O)c2ccccc23)cc1OC. The summed E-state index contributed by atoms with van der Waals surface area (Å²) in [7, 11) is 3.12. The zero-order valence-corrected chi connectivity index (χ0v) is 15.4. The van der Waals surface area contributed by atoms with Crippen molar-refractivity contribution in [3.8, 4) is 11.5 Å². The molecule has 0 unspecified atom stereocenters. The van der Waals surface area contributed by atoms with Gasteiger partial charge in [-0.2, -0.15) is 5.10 Å². The second-order valence-corrected chi connectivity index (χ2v) is 6.16. The van der Waals surface area contributed by atoms with Crippen molar-refractivity contribution in [2.75, 3.05) is 14.2 Å². The maximum absolute atomic E-state index is 12.7. The van der Waals surface area contributed by atoms with E-state index in [-0.39, 0.29) is 18.0 Å². The van der Waals surface area contributed by atoms with Gasteiger partial charge in [-0.15, -0.1) is 0 Å². The second kappa shape index (κ2) is 7.07. The number of hydrogen-bond acceptors (Lipinski definition) is 5. The number of hydrogen-bond donors (Lipinski definition) is 2. The minimum atomic E-state index is -0.337. The molecule has 8 heteroatoms. The molecule has 4 rings (SSSR count). The lowest BCUT2D eigenvalue weighted by atomic mass is 10.2. The average molecular weight is 378 g/mol. The topological polar surface area (TPSA) is 97.7 Å². The van der Waals surface area contributed by atoms with Gasteiger partial charge in [-0.25, -0.2) is 4.52 Å². The molecule has 4 aromatic rings. The first-order valence-electron chi connectivity index (χ1n) is 8.60. The van der Waals surface area contributed by atoms with Gasteiger partial charge in [0.2, 0.25) is 0 Å². The number of rotatable bonds is 5. The highest BCUT2D eigenvalue weighted by atomic mass is 16.5. The third-order valence-electron chi connectivity index (χ3n) is 4.52. The highest BCUT2D eigenvalue weighted by molar-refractivity contribution is 6.00. The van der Waals surface area contributed by atoms with Crippen LogP contribution in [0.1, 0.15) is 15.9 Å². The number of amides is 1. The second-order valence-electron chi connectivity index (χ2n) is 6.16. The molecule has 0 aliphatic rings. The van der Waals surface area contributed by atoms with Crippen molar-refractivity contribution in [1.29, 1.82) is 0 Å². The highest BCUT2D eigenvalue weighted by Gasteiger charge is 2.16. The Morgan fingerprint density at radius 2 is 1.93 bits per heavy atom. The zero-order chi connectivity index (χ0) is 19.7. The molecule has 2 N–H and O–H groups in total. The van der Waals surface area contributed by atoms with Crippen LogP contribution in [0.25, 0.3) is 16.6 Å². The van der Waals surface area contributed by atoms with Gasteiger partial charge in [0.1, 0.15) is 11.2 Å². The van der Waals surface area contributed by atoms with Crippen molar-refractivity contribution in [2.24, 2.45) is 0 Å². The van der Waals surface area contributed by atoms with Crippen molar-refractivity contribution in [3.05, 3.63) is 70.1 Å². The quantitative estimate of drug-likeness (QED) is 0.554. The summed E-state index contributed by atoms with van der Waals surface area (Å²) in [6.45, 7) is 0.286. The van der Waals surface area contributed by atoms with E-state index in [2.05, 4.69) is 15.4 Å². The number of aromatic nitrogens is 3. The summed E-state index contributed by atoms with van der Waals surface area (Å²) in [5.41, 5.74) is 1.87. The van der Waals surface area contributed by atoms with E-state index in [0.717, 1.165) is 5.56 Å². The van der Waals surface area contributed by atoms with E-state index in [1.807, 2.05) is 12.1 Å². The van der Waals surface area contributed by atoms with Gasteiger partial charge < -0.3 is 19.8 Å². The number of fused-ring (bicyclic) bond motifs is 3. The van der Waals surface area contributed by atoms with Crippen LogP contribution in [0.15, 0.2) is 53.5 Å². The predicted octanol–water partition coefficient (Wildman–Crippen LogP) is 2.12. The number of benzene rings is 2. The minimum Gasteiger partial charge on any atom is -0.493 e. The van der Waals surface area contributed by atoms with E-state index >= 15 is 0 Å². The Hall–Kier alpha value is -3.81. The molecule has 0 radical (unpaired) electrons. The van der Waals surface area contributed by atoms with E-state index < -0.39 is 0 Å². The summed E-state index contributed by atoms with van der Waals surface area (Å²) in [4.78, 5) is 27.7. The number of nitrogens with zero attached hydrogens (tertiary/aromatic N) is 2. The Balaban J connectivity index is 1.62. The van der Waals surface area contributed by atoms with Crippen molar-refractivity contribution in [2.45, 2.75) is 6.54 Å². The van der Waals surface area contributed by atoms with Gasteiger partial charge in [-0.3, -0.25) is 9.59 Å². The molecule has 0 fully saturated rings. The fourth-order valence-electron chi connectivity index (χ4n) is 3.11. The molecule has 0 saturated heterocycles. The van der Waals surface area contributed by atoms with E-state index in [0.29, 0.717) is 33.6 Å². The molecule has 2 aromatic carbocycles. The molecule has 28 heavy (non-hydrogen) atoms. The van der Waals surface area contributed by atoms with Crippen LogP contribution >= 0.6 is 0 Å². The van der Waals surface area contributed by atoms with Gasteiger partial charge >= 0.3 is 0 Å². The summed E-state index contributed by atoms with van der Waals surface area (Å²) in [5, 5.41) is 7.61. The molecule has 0 bridgehead atoms. The molecule has 0 atom stereocenters.